The molecule has 2 atom stereocenters. The van der Waals surface area contributed by atoms with E-state index in [1.165, 1.54) is 6.42 Å². The van der Waals surface area contributed by atoms with Crippen molar-refractivity contribution in [3.63, 3.8) is 0 Å². The Morgan fingerprint density at radius 2 is 2.07 bits per heavy atom. The number of hydrogen-bond acceptors (Lipinski definition) is 5. The lowest BCUT2D eigenvalue weighted by atomic mass is 9.95. The van der Waals surface area contributed by atoms with Crippen LogP contribution in [0.4, 0.5) is 0 Å². The number of carbonyl (C=O) groups excluding carboxylic acids is 1. The summed E-state index contributed by atoms with van der Waals surface area (Å²) in [4.78, 5) is 31.9. The van der Waals surface area contributed by atoms with Crippen LogP contribution < -0.4 is 10.9 Å². The van der Waals surface area contributed by atoms with Crippen molar-refractivity contribution in [1.29, 1.82) is 0 Å². The first-order valence-corrected chi connectivity index (χ1v) is 10.3. The first-order chi connectivity index (χ1) is 13.7. The lowest BCUT2D eigenvalue weighted by Crippen LogP contribution is -2.39. The molecule has 2 aromatic rings. The summed E-state index contributed by atoms with van der Waals surface area (Å²) in [5, 5.41) is 3.04. The van der Waals surface area contributed by atoms with Gasteiger partial charge in [-0.25, -0.2) is 0 Å². The Kier molecular flexibility index (Phi) is 4.55. The van der Waals surface area contributed by atoms with Crippen molar-refractivity contribution in [2.75, 3.05) is 13.1 Å². The first kappa shape index (κ1) is 17.7. The molecular weight excluding hydrogens is 356 g/mol. The number of furan rings is 1. The summed E-state index contributed by atoms with van der Waals surface area (Å²) in [6.45, 7) is 3.41. The summed E-state index contributed by atoms with van der Waals surface area (Å²) in [5.41, 5.74) is -0.216. The van der Waals surface area contributed by atoms with Gasteiger partial charge in [-0.3, -0.25) is 14.5 Å². The molecule has 148 valence electrons. The molecule has 4 heterocycles. The number of aromatic nitrogens is 2. The highest BCUT2D eigenvalue weighted by Gasteiger charge is 2.41. The van der Waals surface area contributed by atoms with Crippen LogP contribution in [-0.2, 0) is 13.1 Å². The smallest absolute Gasteiger partial charge is 0.285 e. The summed E-state index contributed by atoms with van der Waals surface area (Å²) >= 11 is 0. The summed E-state index contributed by atoms with van der Waals surface area (Å²) < 4.78 is 7.48. The average Bonchev–Trinajstić information content (AvgIpc) is 3.39. The lowest BCUT2D eigenvalue weighted by molar-refractivity contribution is 0.0925. The topological polar surface area (TPSA) is 80.4 Å². The minimum atomic E-state index is -0.398. The second-order valence-corrected chi connectivity index (χ2v) is 8.42. The Balaban J connectivity index is 1.30. The molecule has 1 saturated carbocycles. The molecule has 2 fully saturated rings. The number of rotatable bonds is 4. The van der Waals surface area contributed by atoms with E-state index in [0.717, 1.165) is 63.4 Å². The first-order valence-electron chi connectivity index (χ1n) is 10.3. The van der Waals surface area contributed by atoms with Gasteiger partial charge < -0.3 is 14.3 Å². The number of carbonyl (C=O) groups is 1. The molecule has 0 radical (unpaired) electrons. The fourth-order valence-corrected chi connectivity index (χ4v) is 5.06. The van der Waals surface area contributed by atoms with Gasteiger partial charge in [0.15, 0.2) is 0 Å². The van der Waals surface area contributed by atoms with E-state index < -0.39 is 5.56 Å². The molecule has 3 aliphatic rings. The fourth-order valence-electron chi connectivity index (χ4n) is 5.06. The molecule has 7 heteroatoms. The van der Waals surface area contributed by atoms with Crippen LogP contribution in [0, 0.1) is 5.92 Å². The van der Waals surface area contributed by atoms with E-state index in [4.69, 9.17) is 4.42 Å². The lowest BCUT2D eigenvalue weighted by Gasteiger charge is -2.22. The highest BCUT2D eigenvalue weighted by Crippen LogP contribution is 2.38. The molecule has 1 N–H and O–H groups in total. The number of nitrogens with one attached hydrogen (secondary N) is 1. The van der Waals surface area contributed by atoms with Crippen molar-refractivity contribution in [3.05, 3.63) is 52.1 Å². The van der Waals surface area contributed by atoms with E-state index in [2.05, 4.69) is 15.2 Å². The Bertz CT molecular complexity index is 914. The minimum Gasteiger partial charge on any atom is -0.468 e. The molecule has 2 aromatic heterocycles. The maximum Gasteiger partial charge on any atom is 0.285 e. The molecule has 5 rings (SSSR count). The normalized spacial score (nSPS) is 24.9. The maximum atomic E-state index is 12.6. The van der Waals surface area contributed by atoms with Gasteiger partial charge in [0.1, 0.15) is 17.1 Å². The summed E-state index contributed by atoms with van der Waals surface area (Å²) in [5.74, 6) is 2.19. The zero-order valence-electron chi connectivity index (χ0n) is 16.0. The van der Waals surface area contributed by atoms with E-state index >= 15 is 0 Å². The van der Waals surface area contributed by atoms with Crippen LogP contribution >= 0.6 is 0 Å². The molecular formula is C21H26N4O3. The predicted octanol–water partition coefficient (Wildman–Crippen LogP) is 2.13. The molecule has 0 spiro atoms. The van der Waals surface area contributed by atoms with E-state index in [1.807, 2.05) is 16.7 Å². The van der Waals surface area contributed by atoms with Crippen molar-refractivity contribution >= 4 is 5.91 Å². The highest BCUT2D eigenvalue weighted by atomic mass is 16.3. The third-order valence-electron chi connectivity index (χ3n) is 6.45. The Hall–Kier alpha value is -2.41. The Morgan fingerprint density at radius 1 is 1.21 bits per heavy atom. The van der Waals surface area contributed by atoms with Gasteiger partial charge in [-0.2, -0.15) is 4.98 Å². The van der Waals surface area contributed by atoms with Crippen LogP contribution in [0.15, 0.2) is 33.8 Å². The molecule has 0 unspecified atom stereocenters. The van der Waals surface area contributed by atoms with Gasteiger partial charge in [0, 0.05) is 43.7 Å². The zero-order valence-corrected chi connectivity index (χ0v) is 16.0. The van der Waals surface area contributed by atoms with Crippen LogP contribution in [-0.4, -0.2) is 39.5 Å². The Morgan fingerprint density at radius 3 is 2.86 bits per heavy atom. The van der Waals surface area contributed by atoms with Crippen molar-refractivity contribution in [2.24, 2.45) is 5.92 Å². The molecule has 1 saturated heterocycles. The summed E-state index contributed by atoms with van der Waals surface area (Å²) in [6, 6.07) is 4.08. The minimum absolute atomic E-state index is 0.182. The SMILES string of the molecule is O=C(NC1CCCCC1)c1cn2c(nc1=O)[C@@H]1CN(Cc3ccco3)C[C@H]1C2. The molecule has 0 bridgehead atoms. The van der Waals surface area contributed by atoms with E-state index in [0.29, 0.717) is 5.92 Å². The van der Waals surface area contributed by atoms with E-state index in [1.54, 1.807) is 12.5 Å². The number of amides is 1. The van der Waals surface area contributed by atoms with Gasteiger partial charge in [-0.05, 0) is 25.0 Å². The van der Waals surface area contributed by atoms with E-state index in [-0.39, 0.29) is 23.4 Å². The van der Waals surface area contributed by atoms with E-state index in [9.17, 15) is 9.59 Å². The highest BCUT2D eigenvalue weighted by molar-refractivity contribution is 5.93. The zero-order chi connectivity index (χ0) is 19.1. The van der Waals surface area contributed by atoms with Crippen molar-refractivity contribution < 1.29 is 9.21 Å². The van der Waals surface area contributed by atoms with Crippen LogP contribution in [0.1, 0.15) is 60.0 Å². The molecule has 1 aliphatic carbocycles. The van der Waals surface area contributed by atoms with Gasteiger partial charge in [0.25, 0.3) is 11.5 Å². The largest absolute Gasteiger partial charge is 0.468 e. The van der Waals surface area contributed by atoms with Crippen molar-refractivity contribution in [3.8, 4) is 0 Å². The van der Waals surface area contributed by atoms with Crippen LogP contribution in [0.3, 0.4) is 0 Å². The number of likely N-dealkylation sites (tertiary alicyclic amines) is 1. The third-order valence-corrected chi connectivity index (χ3v) is 6.45. The third kappa shape index (κ3) is 3.28. The fraction of sp³-hybridized carbons (Fsp3) is 0.571. The molecule has 0 aromatic carbocycles. The average molecular weight is 382 g/mol. The van der Waals surface area contributed by atoms with Gasteiger partial charge in [-0.1, -0.05) is 19.3 Å². The summed E-state index contributed by atoms with van der Waals surface area (Å²) in [7, 11) is 0. The quantitative estimate of drug-likeness (QED) is 0.876. The van der Waals surface area contributed by atoms with Crippen LogP contribution in [0.2, 0.25) is 0 Å². The van der Waals surface area contributed by atoms with Crippen molar-refractivity contribution in [2.45, 2.75) is 57.2 Å². The monoisotopic (exact) mass is 382 g/mol. The molecule has 2 aliphatic heterocycles. The van der Waals surface area contributed by atoms with Gasteiger partial charge >= 0.3 is 0 Å². The van der Waals surface area contributed by atoms with Gasteiger partial charge in [0.2, 0.25) is 0 Å². The van der Waals surface area contributed by atoms with Gasteiger partial charge in [-0.15, -0.1) is 0 Å². The summed E-state index contributed by atoms with van der Waals surface area (Å²) in [6.07, 6.45) is 8.95. The Labute approximate surface area is 163 Å². The number of nitrogens with zero attached hydrogens (tertiary/aromatic N) is 3. The molecule has 1 amide bonds. The van der Waals surface area contributed by atoms with Crippen LogP contribution in [0.25, 0.3) is 0 Å². The maximum absolute atomic E-state index is 12.6. The second-order valence-electron chi connectivity index (χ2n) is 8.42. The van der Waals surface area contributed by atoms with Gasteiger partial charge in [0.05, 0.1) is 12.8 Å². The molecule has 7 nitrogen and oxygen atoms in total. The van der Waals surface area contributed by atoms with Crippen molar-refractivity contribution in [1.82, 2.24) is 19.8 Å². The van der Waals surface area contributed by atoms with Crippen LogP contribution in [0.5, 0.6) is 0 Å². The second kappa shape index (κ2) is 7.20. The number of hydrogen-bond donors (Lipinski definition) is 1. The number of fused-ring (bicyclic) bond motifs is 3. The predicted molar refractivity (Wildman–Crippen MR) is 103 cm³/mol. The standard InChI is InChI=1S/C21H26N4O3/c26-20(22-15-5-2-1-3-6-15)18-13-25-10-14-9-24(11-16-7-4-8-28-16)12-17(14)19(25)23-21(18)27/h4,7-8,13-15,17H,1-3,5-6,9-12H2,(H,22,26)/t14-,17+/m0/s1. The molecule has 28 heavy (non-hydrogen) atoms.